The normalized spacial score (nSPS) is 20.0. The first-order valence-electron chi connectivity index (χ1n) is 6.84. The summed E-state index contributed by atoms with van der Waals surface area (Å²) in [6.45, 7) is 8.15. The van der Waals surface area contributed by atoms with E-state index >= 15 is 0 Å². The molecule has 21 heavy (non-hydrogen) atoms. The minimum atomic E-state index is -0.419. The van der Waals surface area contributed by atoms with Crippen LogP contribution in [0.3, 0.4) is 0 Å². The molecule has 0 bridgehead atoms. The van der Waals surface area contributed by atoms with Crippen molar-refractivity contribution in [3.05, 3.63) is 34.2 Å². The molecule has 3 rings (SSSR count). The highest BCUT2D eigenvalue weighted by atomic mass is 35.5. The van der Waals surface area contributed by atoms with Crippen molar-refractivity contribution < 1.29 is 9.31 Å². The maximum absolute atomic E-state index is 6.22. The first kappa shape index (κ1) is 15.0. The third kappa shape index (κ3) is 2.64. The Kier molecular flexibility index (Phi) is 3.65. The molecule has 2 aromatic rings. The molecule has 1 aliphatic heterocycles. The third-order valence-corrected chi connectivity index (χ3v) is 5.20. The Morgan fingerprint density at radius 2 is 1.86 bits per heavy atom. The average Bonchev–Trinajstić information content (AvgIpc) is 2.97. The molecule has 3 heterocycles. The largest absolute Gasteiger partial charge is 0.496 e. The average molecular weight is 322 g/mol. The monoisotopic (exact) mass is 321 g/mol. The van der Waals surface area contributed by atoms with E-state index in [1.807, 2.05) is 45.2 Å². The van der Waals surface area contributed by atoms with Gasteiger partial charge < -0.3 is 9.31 Å². The van der Waals surface area contributed by atoms with Crippen LogP contribution in [0.5, 0.6) is 0 Å². The zero-order valence-electron chi connectivity index (χ0n) is 12.5. The van der Waals surface area contributed by atoms with Crippen molar-refractivity contribution in [2.24, 2.45) is 0 Å². The van der Waals surface area contributed by atoms with Gasteiger partial charge in [-0.25, -0.2) is 4.98 Å². The van der Waals surface area contributed by atoms with Gasteiger partial charge in [-0.1, -0.05) is 11.6 Å². The molecule has 0 radical (unpaired) electrons. The molecule has 0 N–H and O–H groups in total. The van der Waals surface area contributed by atoms with Crippen molar-refractivity contribution in [3.63, 3.8) is 0 Å². The van der Waals surface area contributed by atoms with E-state index in [1.165, 1.54) is 0 Å². The van der Waals surface area contributed by atoms with Gasteiger partial charge in [0.05, 0.1) is 11.2 Å². The summed E-state index contributed by atoms with van der Waals surface area (Å²) in [5.41, 5.74) is 2.14. The zero-order chi connectivity index (χ0) is 15.3. The molecule has 110 valence electrons. The second kappa shape index (κ2) is 5.09. The number of hydrogen-bond acceptors (Lipinski definition) is 4. The molecule has 1 saturated heterocycles. The van der Waals surface area contributed by atoms with Gasteiger partial charge in [0, 0.05) is 17.2 Å². The third-order valence-electron chi connectivity index (χ3n) is 4.22. The Morgan fingerprint density at radius 3 is 2.43 bits per heavy atom. The lowest BCUT2D eigenvalue weighted by Crippen LogP contribution is -2.41. The molecule has 1 aliphatic rings. The molecular formula is C15H17BClNO2S. The van der Waals surface area contributed by atoms with E-state index < -0.39 is 7.12 Å². The van der Waals surface area contributed by atoms with E-state index in [9.17, 15) is 0 Å². The summed E-state index contributed by atoms with van der Waals surface area (Å²) in [5.74, 6) is 0. The fourth-order valence-electron chi connectivity index (χ4n) is 2.19. The van der Waals surface area contributed by atoms with E-state index in [0.29, 0.717) is 5.15 Å². The Balaban J connectivity index is 1.97. The highest BCUT2D eigenvalue weighted by molar-refractivity contribution is 7.08. The molecule has 0 spiro atoms. The highest BCUT2D eigenvalue weighted by Gasteiger charge is 2.51. The summed E-state index contributed by atoms with van der Waals surface area (Å²) in [7, 11) is -0.419. The van der Waals surface area contributed by atoms with Crippen LogP contribution in [0.2, 0.25) is 5.15 Å². The maximum atomic E-state index is 6.22. The van der Waals surface area contributed by atoms with Crippen molar-refractivity contribution in [2.75, 3.05) is 0 Å². The first-order chi connectivity index (χ1) is 9.80. The summed E-state index contributed by atoms with van der Waals surface area (Å²) in [6, 6.07) is 4.03. The fraction of sp³-hybridized carbons (Fsp3) is 0.400. The fourth-order valence-corrected chi connectivity index (χ4v) is 3.06. The predicted octanol–water partition coefficient (Wildman–Crippen LogP) is 3.76. The standard InChI is InChI=1S/C15H17BClNO2S/c1-14(2)15(3,4)20-16(19-14)11-7-12(13(17)18-8-11)10-5-6-21-9-10/h5-9H,1-4H3. The van der Waals surface area contributed by atoms with Crippen molar-refractivity contribution in [1.82, 2.24) is 4.98 Å². The second-order valence-electron chi connectivity index (χ2n) is 6.21. The van der Waals surface area contributed by atoms with Gasteiger partial charge in [0.2, 0.25) is 0 Å². The van der Waals surface area contributed by atoms with Crippen LogP contribution in [-0.2, 0) is 9.31 Å². The van der Waals surface area contributed by atoms with Crippen molar-refractivity contribution in [2.45, 2.75) is 38.9 Å². The number of pyridine rings is 1. The highest BCUT2D eigenvalue weighted by Crippen LogP contribution is 2.37. The van der Waals surface area contributed by atoms with Gasteiger partial charge in [0.25, 0.3) is 0 Å². The van der Waals surface area contributed by atoms with Crippen LogP contribution in [0.4, 0.5) is 0 Å². The second-order valence-corrected chi connectivity index (χ2v) is 7.35. The van der Waals surface area contributed by atoms with E-state index in [-0.39, 0.29) is 11.2 Å². The van der Waals surface area contributed by atoms with E-state index in [4.69, 9.17) is 20.9 Å². The minimum Gasteiger partial charge on any atom is -0.399 e. The zero-order valence-corrected chi connectivity index (χ0v) is 14.1. The molecule has 2 aromatic heterocycles. The van der Waals surface area contributed by atoms with Crippen LogP contribution in [0, 0.1) is 0 Å². The van der Waals surface area contributed by atoms with Gasteiger partial charge in [-0.2, -0.15) is 11.3 Å². The molecular weight excluding hydrogens is 305 g/mol. The molecule has 1 fully saturated rings. The molecule has 6 heteroatoms. The summed E-state index contributed by atoms with van der Waals surface area (Å²) in [6.07, 6.45) is 1.72. The van der Waals surface area contributed by atoms with Gasteiger partial charge in [-0.3, -0.25) is 0 Å². The first-order valence-corrected chi connectivity index (χ1v) is 8.16. The summed E-state index contributed by atoms with van der Waals surface area (Å²) >= 11 is 7.85. The number of nitrogens with zero attached hydrogens (tertiary/aromatic N) is 1. The SMILES string of the molecule is CC1(C)OB(c2cnc(Cl)c(-c3ccsc3)c2)OC1(C)C. The summed E-state index contributed by atoms with van der Waals surface area (Å²) < 4.78 is 12.1. The van der Waals surface area contributed by atoms with E-state index in [0.717, 1.165) is 16.6 Å². The maximum Gasteiger partial charge on any atom is 0.496 e. The Morgan fingerprint density at radius 1 is 1.19 bits per heavy atom. The van der Waals surface area contributed by atoms with E-state index in [2.05, 4.69) is 10.4 Å². The predicted molar refractivity (Wildman–Crippen MR) is 88.3 cm³/mol. The summed E-state index contributed by atoms with van der Waals surface area (Å²) in [4.78, 5) is 4.29. The topological polar surface area (TPSA) is 31.4 Å². The van der Waals surface area contributed by atoms with Crippen molar-refractivity contribution >= 4 is 35.5 Å². The molecule has 0 amide bonds. The Labute approximate surface area is 134 Å². The number of thiophene rings is 1. The van der Waals surface area contributed by atoms with Gasteiger partial charge >= 0.3 is 7.12 Å². The smallest absolute Gasteiger partial charge is 0.399 e. The minimum absolute atomic E-state index is 0.361. The number of aromatic nitrogens is 1. The number of rotatable bonds is 2. The van der Waals surface area contributed by atoms with Crippen LogP contribution < -0.4 is 5.46 Å². The van der Waals surface area contributed by atoms with Crippen LogP contribution in [0.15, 0.2) is 29.1 Å². The Bertz CT molecular complexity index is 642. The molecule has 0 aliphatic carbocycles. The van der Waals surface area contributed by atoms with Crippen LogP contribution >= 0.6 is 22.9 Å². The number of halogens is 1. The van der Waals surface area contributed by atoms with Gasteiger partial charge in [0.1, 0.15) is 5.15 Å². The van der Waals surface area contributed by atoms with Crippen LogP contribution in [0.1, 0.15) is 27.7 Å². The lowest BCUT2D eigenvalue weighted by atomic mass is 9.79. The van der Waals surface area contributed by atoms with Crippen LogP contribution in [-0.4, -0.2) is 23.3 Å². The quantitative estimate of drug-likeness (QED) is 0.623. The van der Waals surface area contributed by atoms with Gasteiger partial charge in [-0.15, -0.1) is 0 Å². The lowest BCUT2D eigenvalue weighted by molar-refractivity contribution is 0.00578. The molecule has 0 aromatic carbocycles. The Hall–Kier alpha value is -0.875. The van der Waals surface area contributed by atoms with Crippen molar-refractivity contribution in [1.29, 1.82) is 0 Å². The number of hydrogen-bond donors (Lipinski definition) is 0. The molecule has 0 atom stereocenters. The van der Waals surface area contributed by atoms with Gasteiger partial charge in [-0.05, 0) is 56.2 Å². The van der Waals surface area contributed by atoms with Gasteiger partial charge in [0.15, 0.2) is 0 Å². The van der Waals surface area contributed by atoms with Crippen LogP contribution in [0.25, 0.3) is 11.1 Å². The molecule has 0 unspecified atom stereocenters. The summed E-state index contributed by atoms with van der Waals surface area (Å²) in [5, 5.41) is 4.57. The molecule has 0 saturated carbocycles. The van der Waals surface area contributed by atoms with Crippen molar-refractivity contribution in [3.8, 4) is 11.1 Å². The molecule has 3 nitrogen and oxygen atoms in total. The van der Waals surface area contributed by atoms with E-state index in [1.54, 1.807) is 17.5 Å². The lowest BCUT2D eigenvalue weighted by Gasteiger charge is -2.32.